The van der Waals surface area contributed by atoms with Gasteiger partial charge in [0.25, 0.3) is 10.1 Å². The lowest BCUT2D eigenvalue weighted by Gasteiger charge is -2.25. The Kier molecular flexibility index (Phi) is 19.2. The van der Waals surface area contributed by atoms with Crippen LogP contribution in [-0.2, 0) is 67.4 Å². The van der Waals surface area contributed by atoms with Gasteiger partial charge >= 0.3 is 23.4 Å². The number of aliphatic hydroxyl groups excluding tert-OH is 1. The number of rotatable bonds is 27. The van der Waals surface area contributed by atoms with E-state index in [-0.39, 0.29) is 46.4 Å². The molecule has 4 aromatic rings. The molecule has 1 saturated heterocycles. The Morgan fingerprint density at radius 3 is 2.29 bits per heavy atom. The molecule has 1 fully saturated rings. The van der Waals surface area contributed by atoms with Crippen molar-refractivity contribution in [3.8, 4) is 0 Å². The van der Waals surface area contributed by atoms with E-state index in [2.05, 4.69) is 43.5 Å². The second-order valence-electron chi connectivity index (χ2n) is 20.1. The summed E-state index contributed by atoms with van der Waals surface area (Å²) in [4.78, 5) is 56.6. The van der Waals surface area contributed by atoms with E-state index < -0.39 is 79.5 Å². The fourth-order valence-corrected chi connectivity index (χ4v) is 14.7. The minimum Gasteiger partial charge on any atom is -0.744 e. The maximum absolute atomic E-state index is 12.7. The zero-order valence-electron chi connectivity index (χ0n) is 43.9. The van der Waals surface area contributed by atoms with E-state index in [0.29, 0.717) is 81.4 Å². The number of hydrogen-bond donors (Lipinski definition) is 8. The second-order valence-corrected chi connectivity index (χ2v) is 27.7. The van der Waals surface area contributed by atoms with Gasteiger partial charge in [-0.2, -0.15) is 21.6 Å². The molecule has 2 aromatic carbocycles. The molecule has 434 valence electrons. The monoisotopic (exact) mass is 1200 g/mol. The van der Waals surface area contributed by atoms with Gasteiger partial charge in [0, 0.05) is 73.4 Å². The second kappa shape index (κ2) is 24.4. The highest BCUT2D eigenvalue weighted by Crippen LogP contribution is 2.66. The third-order valence-corrected chi connectivity index (χ3v) is 20.0. The van der Waals surface area contributed by atoms with Gasteiger partial charge < -0.3 is 45.0 Å². The van der Waals surface area contributed by atoms with Crippen molar-refractivity contribution in [2.24, 2.45) is 0 Å². The van der Waals surface area contributed by atoms with Crippen molar-refractivity contribution in [1.82, 2.24) is 29.9 Å². The number of unbranched alkanes of at least 4 members (excludes halogenated alkanes) is 5. The van der Waals surface area contributed by atoms with Crippen molar-refractivity contribution < 1.29 is 86.7 Å². The highest BCUT2D eigenvalue weighted by molar-refractivity contribution is 7.86. The van der Waals surface area contributed by atoms with Gasteiger partial charge in [-0.15, -0.1) is 0 Å². The molecule has 7 rings (SSSR count). The summed E-state index contributed by atoms with van der Waals surface area (Å²) in [6, 6.07) is 8.89. The van der Waals surface area contributed by atoms with Gasteiger partial charge in [-0.3, -0.25) is 18.4 Å². The van der Waals surface area contributed by atoms with Crippen molar-refractivity contribution in [2.75, 3.05) is 43.4 Å². The lowest BCUT2D eigenvalue weighted by molar-refractivity contribution is -0.438. The number of hydrogen-bond acceptors (Lipinski definition) is 19. The number of likely N-dealkylation sites (N-methyl/N-ethyl adjacent to an activating group) is 1. The molecule has 3 unspecified atom stereocenters. The third-order valence-electron chi connectivity index (χ3n) is 13.9. The Labute approximate surface area is 457 Å². The number of benzene rings is 2. The molecule has 0 bridgehead atoms. The van der Waals surface area contributed by atoms with E-state index in [1.54, 1.807) is 12.1 Å². The Morgan fingerprint density at radius 2 is 1.59 bits per heavy atom. The molecule has 5 heterocycles. The molecule has 32 heteroatoms. The van der Waals surface area contributed by atoms with E-state index in [4.69, 9.17) is 15.0 Å². The molecule has 0 radical (unpaired) electrons. The number of aliphatic hydroxyl groups is 1. The van der Waals surface area contributed by atoms with E-state index >= 15 is 0 Å². The predicted octanol–water partition coefficient (Wildman–Crippen LogP) is 5.72. The molecular formula is C47H66N9O18P3S2. The summed E-state index contributed by atoms with van der Waals surface area (Å²) in [6.07, 6.45) is 9.22. The quantitative estimate of drug-likeness (QED) is 0.0153. The van der Waals surface area contributed by atoms with Crippen LogP contribution in [0, 0.1) is 0 Å². The Balaban J connectivity index is 0.819. The van der Waals surface area contributed by atoms with Crippen LogP contribution in [0.1, 0.15) is 110 Å². The lowest BCUT2D eigenvalue weighted by Crippen LogP contribution is -2.28. The first-order chi connectivity index (χ1) is 36.8. The molecule has 3 aliphatic rings. The number of imidazole rings is 1. The average Bonchev–Trinajstić information content (AvgIpc) is 4.28. The number of nitrogens with one attached hydrogen (secondary N) is 2. The highest BCUT2D eigenvalue weighted by atomic mass is 32.2. The molecule has 1 amide bonds. The smallest absolute Gasteiger partial charge is 0.489 e. The summed E-state index contributed by atoms with van der Waals surface area (Å²) in [6.45, 7) is 10.3. The Morgan fingerprint density at radius 1 is 0.911 bits per heavy atom. The number of anilines is 2. The van der Waals surface area contributed by atoms with Crippen molar-refractivity contribution >= 4 is 83.6 Å². The molecule has 27 nitrogen and oxygen atoms in total. The minimum atomic E-state index is -5.69. The first-order valence-corrected chi connectivity index (χ1v) is 32.6. The number of allylic oxidation sites excluding steroid dienone is 4. The molecule has 0 aliphatic carbocycles. The molecule has 6 atom stereocenters. The van der Waals surface area contributed by atoms with Crippen LogP contribution in [0.2, 0.25) is 0 Å². The maximum atomic E-state index is 12.7. The number of fused-ring (bicyclic) bond motifs is 3. The van der Waals surface area contributed by atoms with Crippen LogP contribution in [0.15, 0.2) is 82.8 Å². The van der Waals surface area contributed by atoms with Crippen molar-refractivity contribution in [2.45, 2.75) is 131 Å². The fraction of sp³-hybridized carbons (Fsp3) is 0.511. The van der Waals surface area contributed by atoms with Gasteiger partial charge in [0.15, 0.2) is 17.2 Å². The summed E-state index contributed by atoms with van der Waals surface area (Å²) >= 11 is 0. The number of carbonyl (C=O) groups is 1. The minimum absolute atomic E-state index is 0.0265. The van der Waals surface area contributed by atoms with E-state index in [1.807, 2.05) is 52.8 Å². The molecule has 3 aliphatic heterocycles. The summed E-state index contributed by atoms with van der Waals surface area (Å²) < 4.78 is 130. The van der Waals surface area contributed by atoms with Crippen LogP contribution >= 0.6 is 23.4 Å². The first-order valence-electron chi connectivity index (χ1n) is 25.2. The zero-order chi connectivity index (χ0) is 57.9. The fourth-order valence-electron chi connectivity index (χ4n) is 9.93. The highest BCUT2D eigenvalue weighted by Gasteiger charge is 2.46. The molecule has 0 saturated carbocycles. The van der Waals surface area contributed by atoms with Crippen molar-refractivity contribution in [3.05, 3.63) is 84.1 Å². The Hall–Kier alpha value is -4.64. The number of carbonyl (C=O) groups excluding carboxylic acids is 1. The summed E-state index contributed by atoms with van der Waals surface area (Å²) in [7, 11) is -25.3. The van der Waals surface area contributed by atoms with Crippen molar-refractivity contribution in [3.63, 3.8) is 0 Å². The number of amides is 1. The predicted molar refractivity (Wildman–Crippen MR) is 287 cm³/mol. The van der Waals surface area contributed by atoms with Crippen LogP contribution in [-0.4, -0.2) is 126 Å². The van der Waals surface area contributed by atoms with Crippen molar-refractivity contribution in [1.29, 1.82) is 0 Å². The number of phosphoric ester groups is 1. The standard InChI is InChI=1S/C47H66N9O18P3S2/c1-6-54-35-20-18-31(78(65,66)67)25-33(35)46(2,3)39(54)15-14-16-40-47(4,5)34-26-32(79(68,69)70)19-21-36(34)55(40)24-13-9-10-17-41(58)49-22-11-7-8-12-23-53-75(59,60)73-77(63,64)74-76(61,62)71-28-38-37(57)27-42(72-38)56-30-52-43-44(48)50-29-51-45(43)56/h14-16,18-21,25-26,29-30,37-38,42,57H,6-13,17,22-24,27-28H2,1-5H3,(H8-,48,49,50,51,53,58,59,60,61,62,63,64,65,66,67,68,69,70)/t37-,38+,42+/m0/s1. The number of aromatic nitrogens is 4. The zero-order valence-corrected chi connectivity index (χ0v) is 48.3. The number of nitrogen functional groups attached to an aromatic ring is 1. The van der Waals surface area contributed by atoms with E-state index in [9.17, 15) is 64.2 Å². The molecule has 9 N–H and O–H groups in total. The van der Waals surface area contributed by atoms with Crippen LogP contribution in [0.5, 0.6) is 0 Å². The number of nitrogens with zero attached hydrogens (tertiary/aromatic N) is 6. The first kappa shape index (κ1) is 62.0. The number of phosphoric acid groups is 2. The third kappa shape index (κ3) is 14.9. The average molecular weight is 1200 g/mol. The number of ether oxygens (including phenoxy) is 1. The molecular weight excluding hydrogens is 1140 g/mol. The molecule has 0 spiro atoms. The molecule has 79 heavy (non-hydrogen) atoms. The van der Waals surface area contributed by atoms with Crippen LogP contribution in [0.3, 0.4) is 0 Å². The van der Waals surface area contributed by atoms with Gasteiger partial charge in [-0.05, 0) is 88.4 Å². The van der Waals surface area contributed by atoms with Gasteiger partial charge in [-0.25, -0.2) is 42.2 Å². The van der Waals surface area contributed by atoms with Gasteiger partial charge in [0.1, 0.15) is 40.8 Å². The van der Waals surface area contributed by atoms with Crippen LogP contribution in [0.4, 0.5) is 17.2 Å². The summed E-state index contributed by atoms with van der Waals surface area (Å²) in [5.74, 6) is -0.0371. The van der Waals surface area contributed by atoms with Gasteiger partial charge in [-0.1, -0.05) is 32.8 Å². The summed E-state index contributed by atoms with van der Waals surface area (Å²) in [5.41, 5.74) is 9.71. The van der Waals surface area contributed by atoms with E-state index in [1.165, 1.54) is 41.5 Å². The van der Waals surface area contributed by atoms with Crippen LogP contribution < -0.4 is 21.0 Å². The summed E-state index contributed by atoms with van der Waals surface area (Å²) in [5, 5.41) is 15.5. The van der Waals surface area contributed by atoms with E-state index in [0.717, 1.165) is 22.8 Å². The largest absolute Gasteiger partial charge is 0.744 e. The topological polar surface area (TPSA) is 398 Å². The van der Waals surface area contributed by atoms with Gasteiger partial charge in [0.05, 0.1) is 34.2 Å². The number of nitrogens with two attached hydrogens (primary N) is 1. The maximum Gasteiger partial charge on any atom is 0.489 e. The Bertz CT molecular complexity index is 3430. The normalized spacial score (nSPS) is 21.8. The lowest BCUT2D eigenvalue weighted by atomic mass is 9.81. The molecule has 2 aromatic heterocycles. The van der Waals surface area contributed by atoms with Crippen LogP contribution in [0.25, 0.3) is 11.2 Å². The SMILES string of the molecule is CCN1C(=CC=CC2=[N+](CCCCCC(=O)NCCCCCCNP(=O)(O)OP(=O)(O)OP(=O)(O)OC[C@H]3O[C@@H](n4cnc5c(N)ncnc54)C[C@@H]3O)c3ccc(S(=O)(=O)O)cc3C2(C)C)C(C)(C)c2cc(S(=O)(=O)[O-])ccc21. The van der Waals surface area contributed by atoms with Gasteiger partial charge in [0.2, 0.25) is 11.6 Å².